The average Bonchev–Trinajstić information content (AvgIpc) is 3.10. The normalized spacial score (nSPS) is 17.3. The van der Waals surface area contributed by atoms with E-state index in [1.54, 1.807) is 47.4 Å². The minimum Gasteiger partial charge on any atom is -0.473 e. The van der Waals surface area contributed by atoms with Gasteiger partial charge in [-0.1, -0.05) is 0 Å². The summed E-state index contributed by atoms with van der Waals surface area (Å²) in [4.78, 5) is 0. The van der Waals surface area contributed by atoms with Gasteiger partial charge in [0.15, 0.2) is 5.82 Å². The molecule has 0 aliphatic carbocycles. The van der Waals surface area contributed by atoms with Gasteiger partial charge in [0, 0.05) is 31.5 Å². The van der Waals surface area contributed by atoms with Gasteiger partial charge in [0.05, 0.1) is 5.25 Å². The van der Waals surface area contributed by atoms with Crippen molar-refractivity contribution in [3.63, 3.8) is 0 Å². The Bertz CT molecular complexity index is 751. The van der Waals surface area contributed by atoms with E-state index in [0.29, 0.717) is 37.6 Å². The number of sulfonamides is 1. The maximum atomic E-state index is 12.2. The zero-order valence-electron chi connectivity index (χ0n) is 13.7. The summed E-state index contributed by atoms with van der Waals surface area (Å²) in [5.74, 6) is 1.06. The van der Waals surface area contributed by atoms with Crippen LogP contribution < -0.4 is 4.74 Å². The van der Waals surface area contributed by atoms with Crippen LogP contribution in [-0.2, 0) is 10.0 Å². The third-order valence-electron chi connectivity index (χ3n) is 4.01. The number of ether oxygens (including phenoxy) is 1. The summed E-state index contributed by atoms with van der Waals surface area (Å²) in [5, 5.41) is 11.8. The largest absolute Gasteiger partial charge is 0.473 e. The fourth-order valence-corrected chi connectivity index (χ4v) is 3.89. The molecule has 2 aromatic rings. The number of hydrogen-bond donors (Lipinski definition) is 0. The van der Waals surface area contributed by atoms with Crippen LogP contribution in [0.25, 0.3) is 5.82 Å². The summed E-state index contributed by atoms with van der Waals surface area (Å²) in [7, 11) is -3.19. The molecule has 0 atom stereocenters. The lowest BCUT2D eigenvalue weighted by Crippen LogP contribution is -2.44. The summed E-state index contributed by atoms with van der Waals surface area (Å²) in [5.41, 5.74) is 0. The molecule has 0 spiro atoms. The smallest absolute Gasteiger partial charge is 0.233 e. The maximum Gasteiger partial charge on any atom is 0.233 e. The highest BCUT2D eigenvalue weighted by Gasteiger charge is 2.30. The van der Waals surface area contributed by atoms with Crippen molar-refractivity contribution in [3.05, 3.63) is 30.6 Å². The summed E-state index contributed by atoms with van der Waals surface area (Å²) in [6.45, 7) is 4.36. The summed E-state index contributed by atoms with van der Waals surface area (Å²) >= 11 is 0. The standard InChI is InChI=1S/C15H21N5O3S/c1-12(2)24(21,22)19-10-6-13(7-11-19)23-15-5-4-14(17-18-15)20-9-3-8-16-20/h3-5,8-9,12-13H,6-7,10-11H2,1-2H3. The molecule has 2 aromatic heterocycles. The van der Waals surface area contributed by atoms with Gasteiger partial charge in [-0.15, -0.1) is 10.2 Å². The molecule has 3 rings (SSSR count). The highest BCUT2D eigenvalue weighted by atomic mass is 32.2. The van der Waals surface area contributed by atoms with Crippen LogP contribution in [0.1, 0.15) is 26.7 Å². The van der Waals surface area contributed by atoms with E-state index in [1.807, 2.05) is 6.07 Å². The predicted octanol–water partition coefficient (Wildman–Crippen LogP) is 1.24. The third kappa shape index (κ3) is 3.57. The molecule has 1 saturated heterocycles. The van der Waals surface area contributed by atoms with E-state index >= 15 is 0 Å². The number of nitrogens with zero attached hydrogens (tertiary/aromatic N) is 5. The molecule has 0 aromatic carbocycles. The first-order valence-corrected chi connectivity index (χ1v) is 9.46. The summed E-state index contributed by atoms with van der Waals surface area (Å²) in [6, 6.07) is 5.35. The quantitative estimate of drug-likeness (QED) is 0.805. The van der Waals surface area contributed by atoms with E-state index in [2.05, 4.69) is 15.3 Å². The fraction of sp³-hybridized carbons (Fsp3) is 0.533. The highest BCUT2D eigenvalue weighted by molar-refractivity contribution is 7.89. The van der Waals surface area contributed by atoms with Crippen LogP contribution in [0.4, 0.5) is 0 Å². The Balaban J connectivity index is 1.57. The maximum absolute atomic E-state index is 12.2. The van der Waals surface area contributed by atoms with Crippen molar-refractivity contribution in [2.24, 2.45) is 0 Å². The Labute approximate surface area is 141 Å². The van der Waals surface area contributed by atoms with Gasteiger partial charge >= 0.3 is 0 Å². The Hall–Kier alpha value is -2.00. The van der Waals surface area contributed by atoms with Crippen molar-refractivity contribution >= 4 is 10.0 Å². The van der Waals surface area contributed by atoms with Crippen molar-refractivity contribution in [3.8, 4) is 11.7 Å². The Morgan fingerprint density at radius 3 is 2.50 bits per heavy atom. The summed E-state index contributed by atoms with van der Waals surface area (Å²) in [6.07, 6.45) is 4.71. The van der Waals surface area contributed by atoms with Gasteiger partial charge in [0.1, 0.15) is 6.10 Å². The van der Waals surface area contributed by atoms with E-state index in [9.17, 15) is 8.42 Å². The molecule has 0 bridgehead atoms. The van der Waals surface area contributed by atoms with Crippen LogP contribution in [-0.4, -0.2) is 57.1 Å². The molecule has 3 heterocycles. The van der Waals surface area contributed by atoms with Gasteiger partial charge in [-0.25, -0.2) is 17.4 Å². The molecule has 1 aliphatic heterocycles. The van der Waals surface area contributed by atoms with E-state index in [1.165, 1.54) is 0 Å². The lowest BCUT2D eigenvalue weighted by molar-refractivity contribution is 0.128. The van der Waals surface area contributed by atoms with Crippen molar-refractivity contribution < 1.29 is 13.2 Å². The van der Waals surface area contributed by atoms with Crippen LogP contribution in [0.3, 0.4) is 0 Å². The highest BCUT2D eigenvalue weighted by Crippen LogP contribution is 2.21. The molecular formula is C15H21N5O3S. The second kappa shape index (κ2) is 6.86. The number of aromatic nitrogens is 4. The van der Waals surface area contributed by atoms with Crippen LogP contribution >= 0.6 is 0 Å². The van der Waals surface area contributed by atoms with Gasteiger partial charge in [-0.2, -0.15) is 5.10 Å². The topological polar surface area (TPSA) is 90.2 Å². The minimum absolute atomic E-state index is 0.0477. The van der Waals surface area contributed by atoms with E-state index in [4.69, 9.17) is 4.74 Å². The molecule has 0 unspecified atom stereocenters. The van der Waals surface area contributed by atoms with Crippen LogP contribution in [0, 0.1) is 0 Å². The fourth-order valence-electron chi connectivity index (χ4n) is 2.58. The minimum atomic E-state index is -3.19. The molecule has 0 radical (unpaired) electrons. The molecule has 1 aliphatic rings. The van der Waals surface area contributed by atoms with Crippen molar-refractivity contribution in [2.75, 3.05) is 13.1 Å². The first-order chi connectivity index (χ1) is 11.5. The Kier molecular flexibility index (Phi) is 4.81. The number of hydrogen-bond acceptors (Lipinski definition) is 6. The van der Waals surface area contributed by atoms with Crippen LogP contribution in [0.15, 0.2) is 30.6 Å². The van der Waals surface area contributed by atoms with Crippen molar-refractivity contribution in [1.29, 1.82) is 0 Å². The number of rotatable bonds is 5. The number of piperidine rings is 1. The van der Waals surface area contributed by atoms with Crippen molar-refractivity contribution in [1.82, 2.24) is 24.3 Å². The Morgan fingerprint density at radius 1 is 1.21 bits per heavy atom. The van der Waals surface area contributed by atoms with Gasteiger partial charge < -0.3 is 4.74 Å². The van der Waals surface area contributed by atoms with E-state index < -0.39 is 15.3 Å². The van der Waals surface area contributed by atoms with Gasteiger partial charge in [-0.05, 0) is 38.8 Å². The second-order valence-corrected chi connectivity index (χ2v) is 8.48. The first-order valence-electron chi connectivity index (χ1n) is 7.96. The zero-order chi connectivity index (χ0) is 17.2. The van der Waals surface area contributed by atoms with Crippen molar-refractivity contribution in [2.45, 2.75) is 38.0 Å². The lowest BCUT2D eigenvalue weighted by Gasteiger charge is -2.32. The molecule has 0 amide bonds. The predicted molar refractivity (Wildman–Crippen MR) is 88.4 cm³/mol. The summed E-state index contributed by atoms with van der Waals surface area (Å²) < 4.78 is 33.3. The molecule has 130 valence electrons. The molecule has 0 saturated carbocycles. The SMILES string of the molecule is CC(C)S(=O)(=O)N1CCC(Oc2ccc(-n3cccn3)nn2)CC1. The monoisotopic (exact) mass is 351 g/mol. The van der Waals surface area contributed by atoms with Crippen LogP contribution in [0.2, 0.25) is 0 Å². The molecule has 0 N–H and O–H groups in total. The zero-order valence-corrected chi connectivity index (χ0v) is 14.6. The molecule has 1 fully saturated rings. The molecule has 8 nitrogen and oxygen atoms in total. The van der Waals surface area contributed by atoms with Gasteiger partial charge in [0.25, 0.3) is 0 Å². The van der Waals surface area contributed by atoms with E-state index in [0.717, 1.165) is 0 Å². The molecular weight excluding hydrogens is 330 g/mol. The first kappa shape index (κ1) is 16.8. The molecule has 24 heavy (non-hydrogen) atoms. The van der Waals surface area contributed by atoms with E-state index in [-0.39, 0.29) is 6.10 Å². The second-order valence-electron chi connectivity index (χ2n) is 5.99. The molecule has 9 heteroatoms. The third-order valence-corrected chi connectivity index (χ3v) is 6.29. The van der Waals surface area contributed by atoms with Gasteiger partial charge in [0.2, 0.25) is 15.9 Å². The lowest BCUT2D eigenvalue weighted by atomic mass is 10.1. The van der Waals surface area contributed by atoms with Crippen LogP contribution in [0.5, 0.6) is 5.88 Å². The average molecular weight is 351 g/mol. The Morgan fingerprint density at radius 2 is 1.96 bits per heavy atom. The van der Waals surface area contributed by atoms with Gasteiger partial charge in [-0.3, -0.25) is 0 Å².